The third kappa shape index (κ3) is 10.4. The van der Waals surface area contributed by atoms with E-state index in [1.807, 2.05) is 0 Å². The van der Waals surface area contributed by atoms with E-state index in [0.717, 1.165) is 11.8 Å². The van der Waals surface area contributed by atoms with Gasteiger partial charge in [-0.05, 0) is 7.05 Å². The van der Waals surface area contributed by atoms with E-state index in [-0.39, 0.29) is 36.3 Å². The zero-order valence-corrected chi connectivity index (χ0v) is 16.4. The van der Waals surface area contributed by atoms with Crippen molar-refractivity contribution < 1.29 is 24.0 Å². The Labute approximate surface area is 167 Å². The summed E-state index contributed by atoms with van der Waals surface area (Å²) in [5.74, 6) is -1.75. The lowest BCUT2D eigenvalue weighted by Crippen LogP contribution is -2.43. The van der Waals surface area contributed by atoms with Gasteiger partial charge in [0, 0.05) is 18.5 Å². The highest BCUT2D eigenvalue weighted by atomic mass is 32.2. The Kier molecular flexibility index (Phi) is 11.2. The number of thioether (sulfide) groups is 1. The van der Waals surface area contributed by atoms with Crippen LogP contribution in [-0.4, -0.2) is 67.6 Å². The molecule has 1 rings (SSSR count). The second kappa shape index (κ2) is 13.4. The lowest BCUT2D eigenvalue weighted by Gasteiger charge is -2.08. The Bertz CT molecular complexity index is 696. The molecular formula is C18H24N4O5S. The molecule has 28 heavy (non-hydrogen) atoms. The molecule has 0 spiro atoms. The number of nitrogens with one attached hydrogen (secondary N) is 4. The zero-order valence-electron chi connectivity index (χ0n) is 15.6. The Balaban J connectivity index is 2.15. The molecular weight excluding hydrogens is 384 g/mol. The van der Waals surface area contributed by atoms with Gasteiger partial charge in [-0.1, -0.05) is 42.1 Å². The molecule has 0 radical (unpaired) electrons. The quantitative estimate of drug-likeness (QED) is 0.352. The van der Waals surface area contributed by atoms with Crippen molar-refractivity contribution in [3.05, 3.63) is 35.9 Å². The predicted octanol–water partition coefficient (Wildman–Crippen LogP) is -0.913. The van der Waals surface area contributed by atoms with Gasteiger partial charge < -0.3 is 21.3 Å². The maximum Gasteiger partial charge on any atom is 0.239 e. The highest BCUT2D eigenvalue weighted by Crippen LogP contribution is 2.11. The van der Waals surface area contributed by atoms with E-state index in [1.54, 1.807) is 37.4 Å². The largest absolute Gasteiger partial charge is 0.347 e. The van der Waals surface area contributed by atoms with Crippen LogP contribution in [0.3, 0.4) is 0 Å². The first kappa shape index (κ1) is 23.3. The van der Waals surface area contributed by atoms with Gasteiger partial charge in [-0.15, -0.1) is 0 Å². The van der Waals surface area contributed by atoms with Crippen molar-refractivity contribution in [2.24, 2.45) is 0 Å². The number of hydrogen-bond acceptors (Lipinski definition) is 7. The van der Waals surface area contributed by atoms with Crippen molar-refractivity contribution in [3.8, 4) is 0 Å². The summed E-state index contributed by atoms with van der Waals surface area (Å²) in [5, 5.41) is 9.70. The van der Waals surface area contributed by atoms with Crippen LogP contribution in [0.1, 0.15) is 16.8 Å². The van der Waals surface area contributed by atoms with Crippen molar-refractivity contribution in [2.45, 2.75) is 6.42 Å². The third-order valence-electron chi connectivity index (χ3n) is 3.37. The van der Waals surface area contributed by atoms with Crippen LogP contribution in [-0.2, 0) is 19.2 Å². The summed E-state index contributed by atoms with van der Waals surface area (Å²) in [6.07, 6.45) is 0.306. The highest BCUT2D eigenvalue weighted by Gasteiger charge is 2.11. The molecule has 0 atom stereocenters. The fourth-order valence-corrected chi connectivity index (χ4v) is 2.54. The summed E-state index contributed by atoms with van der Waals surface area (Å²) >= 11 is 0.839. The number of carbonyl (C=O) groups is 5. The van der Waals surface area contributed by atoms with Crippen LogP contribution in [0, 0.1) is 0 Å². The molecule has 0 fully saturated rings. The summed E-state index contributed by atoms with van der Waals surface area (Å²) < 4.78 is 0. The molecule has 1 aromatic rings. The first-order valence-corrected chi connectivity index (χ1v) is 9.59. The SMILES string of the molecule is CNCCC(=O)CNC(=O)CNC(=O)CNC(=O)CSC(=O)c1ccccc1. The van der Waals surface area contributed by atoms with Crippen molar-refractivity contribution in [3.63, 3.8) is 0 Å². The van der Waals surface area contributed by atoms with Crippen LogP contribution >= 0.6 is 11.8 Å². The number of amides is 3. The molecule has 0 saturated carbocycles. The van der Waals surface area contributed by atoms with Gasteiger partial charge >= 0.3 is 0 Å². The number of hydrogen-bond donors (Lipinski definition) is 4. The highest BCUT2D eigenvalue weighted by molar-refractivity contribution is 8.14. The molecule has 3 amide bonds. The second-order valence-electron chi connectivity index (χ2n) is 5.66. The van der Waals surface area contributed by atoms with Crippen LogP contribution in [0.4, 0.5) is 0 Å². The van der Waals surface area contributed by atoms with Crippen LogP contribution in [0.5, 0.6) is 0 Å². The summed E-state index contributed by atoms with van der Waals surface area (Å²) in [4.78, 5) is 58.2. The molecule has 0 aliphatic rings. The fraction of sp³-hybridized carbons (Fsp3) is 0.389. The molecule has 0 saturated heterocycles. The smallest absolute Gasteiger partial charge is 0.239 e. The first-order chi connectivity index (χ1) is 13.4. The van der Waals surface area contributed by atoms with Crippen molar-refractivity contribution in [2.75, 3.05) is 39.0 Å². The Morgan fingerprint density at radius 2 is 1.39 bits per heavy atom. The van der Waals surface area contributed by atoms with Crippen LogP contribution in [0.25, 0.3) is 0 Å². The number of rotatable bonds is 12. The van der Waals surface area contributed by atoms with Crippen LogP contribution in [0.2, 0.25) is 0 Å². The molecule has 1 aromatic carbocycles. The predicted molar refractivity (Wildman–Crippen MR) is 106 cm³/mol. The average molecular weight is 408 g/mol. The van der Waals surface area contributed by atoms with Crippen molar-refractivity contribution >= 4 is 40.4 Å². The van der Waals surface area contributed by atoms with Crippen molar-refractivity contribution in [1.29, 1.82) is 0 Å². The number of carbonyl (C=O) groups excluding carboxylic acids is 5. The van der Waals surface area contributed by atoms with Gasteiger partial charge in [-0.25, -0.2) is 0 Å². The van der Waals surface area contributed by atoms with Crippen LogP contribution in [0.15, 0.2) is 30.3 Å². The number of benzene rings is 1. The minimum Gasteiger partial charge on any atom is -0.347 e. The van der Waals surface area contributed by atoms with E-state index >= 15 is 0 Å². The maximum atomic E-state index is 11.9. The fourth-order valence-electron chi connectivity index (χ4n) is 1.87. The molecule has 0 heterocycles. The molecule has 10 heteroatoms. The summed E-state index contributed by atoms with van der Waals surface area (Å²) in [6.45, 7) is -0.178. The monoisotopic (exact) mass is 408 g/mol. The van der Waals surface area contributed by atoms with Gasteiger partial charge in [0.25, 0.3) is 0 Å². The van der Waals surface area contributed by atoms with E-state index in [4.69, 9.17) is 0 Å². The molecule has 0 bridgehead atoms. The Morgan fingerprint density at radius 3 is 2.00 bits per heavy atom. The molecule has 0 unspecified atom stereocenters. The normalized spacial score (nSPS) is 10.0. The molecule has 0 aromatic heterocycles. The molecule has 9 nitrogen and oxygen atoms in total. The topological polar surface area (TPSA) is 133 Å². The minimum atomic E-state index is -0.551. The van der Waals surface area contributed by atoms with E-state index in [2.05, 4.69) is 21.3 Å². The Hall–Kier alpha value is -2.72. The molecule has 4 N–H and O–H groups in total. The van der Waals surface area contributed by atoms with Crippen molar-refractivity contribution in [1.82, 2.24) is 21.3 Å². The summed E-state index contributed by atoms with van der Waals surface area (Å²) in [6, 6.07) is 8.55. The minimum absolute atomic E-state index is 0.0974. The maximum absolute atomic E-state index is 11.9. The average Bonchev–Trinajstić information content (AvgIpc) is 2.71. The number of Topliss-reactive ketones (excluding diaryl/α,β-unsaturated/α-hetero) is 1. The van der Waals surface area contributed by atoms with Gasteiger partial charge in [0.1, 0.15) is 0 Å². The first-order valence-electron chi connectivity index (χ1n) is 8.61. The van der Waals surface area contributed by atoms with Gasteiger partial charge in [0.15, 0.2) is 5.78 Å². The van der Waals surface area contributed by atoms with E-state index in [9.17, 15) is 24.0 Å². The second-order valence-corrected chi connectivity index (χ2v) is 6.61. The van der Waals surface area contributed by atoms with Gasteiger partial charge in [0.2, 0.25) is 22.8 Å². The molecule has 0 aliphatic carbocycles. The third-order valence-corrected chi connectivity index (χ3v) is 4.28. The number of ketones is 1. The molecule has 0 aliphatic heterocycles. The Morgan fingerprint density at radius 1 is 0.821 bits per heavy atom. The lowest BCUT2D eigenvalue weighted by molar-refractivity contribution is -0.128. The lowest BCUT2D eigenvalue weighted by atomic mass is 10.2. The standard InChI is InChI=1S/C18H24N4O5S/c1-19-8-7-14(23)9-20-15(24)10-21-16(25)11-22-17(26)12-28-18(27)13-5-3-2-4-6-13/h2-6,19H,7-12H2,1H3,(H,20,24)(H,21,25)(H,22,26). The van der Waals surface area contributed by atoms with E-state index in [1.165, 1.54) is 0 Å². The van der Waals surface area contributed by atoms with Gasteiger partial charge in [-0.3, -0.25) is 24.0 Å². The van der Waals surface area contributed by atoms with E-state index < -0.39 is 17.7 Å². The van der Waals surface area contributed by atoms with Crippen LogP contribution < -0.4 is 21.3 Å². The summed E-state index contributed by atoms with van der Waals surface area (Å²) in [7, 11) is 1.72. The van der Waals surface area contributed by atoms with Gasteiger partial charge in [-0.2, -0.15) is 0 Å². The zero-order chi connectivity index (χ0) is 20.8. The molecule has 152 valence electrons. The summed E-state index contributed by atoms with van der Waals surface area (Å²) in [5.41, 5.74) is 0.494. The van der Waals surface area contributed by atoms with Gasteiger partial charge in [0.05, 0.1) is 25.4 Å². The van der Waals surface area contributed by atoms with E-state index in [0.29, 0.717) is 18.5 Å².